The van der Waals surface area contributed by atoms with Gasteiger partial charge in [0.15, 0.2) is 5.96 Å². The molecule has 2 aromatic heterocycles. The van der Waals surface area contributed by atoms with Crippen LogP contribution < -0.4 is 15.4 Å². The van der Waals surface area contributed by atoms with Gasteiger partial charge >= 0.3 is 0 Å². The normalized spacial score (nSPS) is 17.3. The largest absolute Gasteiger partial charge is 0.474 e. The fraction of sp³-hybridized carbons (Fsp3) is 0.524. The van der Waals surface area contributed by atoms with E-state index in [-0.39, 0.29) is 0 Å². The first kappa shape index (κ1) is 20.6. The zero-order chi connectivity index (χ0) is 19.8. The fourth-order valence-electron chi connectivity index (χ4n) is 3.19. The zero-order valence-corrected chi connectivity index (χ0v) is 17.5. The molecule has 3 rings (SSSR count). The number of guanidine groups is 1. The molecule has 3 N–H and O–H groups in total. The molecule has 2 heterocycles. The van der Waals surface area contributed by atoms with Gasteiger partial charge in [-0.05, 0) is 56.5 Å². The Hall–Kier alpha value is -2.12. The van der Waals surface area contributed by atoms with Crippen LogP contribution in [0.5, 0.6) is 5.88 Å². The number of aliphatic imine (C=N–C) groups is 1. The third-order valence-corrected chi connectivity index (χ3v) is 5.93. The van der Waals surface area contributed by atoms with Gasteiger partial charge in [0.1, 0.15) is 11.7 Å². The lowest BCUT2D eigenvalue weighted by molar-refractivity contribution is 0.0655. The lowest BCUT2D eigenvalue weighted by Gasteiger charge is -2.23. The predicted octanol–water partition coefficient (Wildman–Crippen LogP) is 3.43. The van der Waals surface area contributed by atoms with Crippen molar-refractivity contribution in [2.45, 2.75) is 57.8 Å². The van der Waals surface area contributed by atoms with Crippen molar-refractivity contribution in [3.8, 4) is 5.88 Å². The molecular weight excluding hydrogens is 372 g/mol. The van der Waals surface area contributed by atoms with Gasteiger partial charge in [-0.1, -0.05) is 12.1 Å². The molecule has 2 aromatic rings. The Balaban J connectivity index is 1.54. The van der Waals surface area contributed by atoms with Crippen LogP contribution in [0.2, 0.25) is 0 Å². The molecular formula is C21H30N4O2S. The van der Waals surface area contributed by atoms with Crippen LogP contribution in [0, 0.1) is 0 Å². The number of nitrogens with zero attached hydrogens (tertiary/aromatic N) is 2. The highest BCUT2D eigenvalue weighted by Crippen LogP contribution is 2.24. The van der Waals surface area contributed by atoms with Crippen LogP contribution in [-0.4, -0.2) is 35.2 Å². The first-order valence-corrected chi connectivity index (χ1v) is 10.8. The SMILES string of the molecule is CCNC(=NCc1ccc(OC2CCCC2)nc1)NCC(C)(O)c1cccs1. The number of aromatic nitrogens is 1. The molecule has 152 valence electrons. The Labute approximate surface area is 171 Å². The fourth-order valence-corrected chi connectivity index (χ4v) is 3.98. The van der Waals surface area contributed by atoms with E-state index in [1.54, 1.807) is 11.3 Å². The van der Waals surface area contributed by atoms with E-state index in [0.29, 0.717) is 31.0 Å². The number of ether oxygens (including phenoxy) is 1. The average Bonchev–Trinajstić information content (AvgIpc) is 3.39. The second-order valence-electron chi connectivity index (χ2n) is 7.33. The molecule has 0 aromatic carbocycles. The second kappa shape index (κ2) is 9.89. The van der Waals surface area contributed by atoms with Crippen molar-refractivity contribution in [1.82, 2.24) is 15.6 Å². The van der Waals surface area contributed by atoms with E-state index in [0.717, 1.165) is 29.8 Å². The van der Waals surface area contributed by atoms with Crippen molar-refractivity contribution in [2.24, 2.45) is 4.99 Å². The van der Waals surface area contributed by atoms with E-state index < -0.39 is 5.60 Å². The number of hydrogen-bond acceptors (Lipinski definition) is 5. The second-order valence-corrected chi connectivity index (χ2v) is 8.28. The van der Waals surface area contributed by atoms with Gasteiger partial charge in [0, 0.05) is 23.7 Å². The molecule has 6 nitrogen and oxygen atoms in total. The summed E-state index contributed by atoms with van der Waals surface area (Å²) in [6.07, 6.45) is 6.88. The zero-order valence-electron chi connectivity index (χ0n) is 16.6. The Morgan fingerprint density at radius 3 is 2.79 bits per heavy atom. The summed E-state index contributed by atoms with van der Waals surface area (Å²) < 4.78 is 5.91. The topological polar surface area (TPSA) is 78.8 Å². The van der Waals surface area contributed by atoms with Crippen molar-refractivity contribution in [3.63, 3.8) is 0 Å². The quantitative estimate of drug-likeness (QED) is 0.466. The molecule has 1 atom stereocenters. The van der Waals surface area contributed by atoms with Crippen LogP contribution in [0.3, 0.4) is 0 Å². The van der Waals surface area contributed by atoms with Crippen molar-refractivity contribution >= 4 is 17.3 Å². The highest BCUT2D eigenvalue weighted by molar-refractivity contribution is 7.10. The minimum Gasteiger partial charge on any atom is -0.474 e. The van der Waals surface area contributed by atoms with Crippen LogP contribution in [0.15, 0.2) is 40.8 Å². The van der Waals surface area contributed by atoms with Crippen molar-refractivity contribution < 1.29 is 9.84 Å². The summed E-state index contributed by atoms with van der Waals surface area (Å²) in [7, 11) is 0. The highest BCUT2D eigenvalue weighted by Gasteiger charge is 2.24. The Morgan fingerprint density at radius 1 is 1.32 bits per heavy atom. The molecule has 0 spiro atoms. The Kier molecular flexibility index (Phi) is 7.28. The molecule has 1 aliphatic rings. The summed E-state index contributed by atoms with van der Waals surface area (Å²) in [5.74, 6) is 1.36. The van der Waals surface area contributed by atoms with Gasteiger partial charge in [0.2, 0.25) is 5.88 Å². The van der Waals surface area contributed by atoms with Gasteiger partial charge in [-0.2, -0.15) is 0 Å². The maximum absolute atomic E-state index is 10.7. The molecule has 7 heteroatoms. The first-order chi connectivity index (χ1) is 13.6. The Bertz CT molecular complexity index is 738. The lowest BCUT2D eigenvalue weighted by atomic mass is 10.1. The number of thiophene rings is 1. The summed E-state index contributed by atoms with van der Waals surface area (Å²) in [6.45, 7) is 5.46. The van der Waals surface area contributed by atoms with Gasteiger partial charge in [-0.3, -0.25) is 0 Å². The van der Waals surface area contributed by atoms with E-state index in [2.05, 4.69) is 20.6 Å². The average molecular weight is 403 g/mol. The molecule has 1 unspecified atom stereocenters. The van der Waals surface area contributed by atoms with E-state index in [4.69, 9.17) is 4.74 Å². The van der Waals surface area contributed by atoms with Crippen LogP contribution in [0.4, 0.5) is 0 Å². The molecule has 0 bridgehead atoms. The number of pyridine rings is 1. The van der Waals surface area contributed by atoms with Gasteiger partial charge in [-0.25, -0.2) is 9.98 Å². The molecule has 1 saturated carbocycles. The van der Waals surface area contributed by atoms with Gasteiger partial charge < -0.3 is 20.5 Å². The van der Waals surface area contributed by atoms with E-state index in [1.165, 1.54) is 12.8 Å². The van der Waals surface area contributed by atoms with E-state index in [1.807, 2.05) is 49.7 Å². The highest BCUT2D eigenvalue weighted by atomic mass is 32.1. The first-order valence-electron chi connectivity index (χ1n) is 9.97. The summed E-state index contributed by atoms with van der Waals surface area (Å²) in [6, 6.07) is 7.81. The lowest BCUT2D eigenvalue weighted by Crippen LogP contribution is -2.44. The van der Waals surface area contributed by atoms with E-state index >= 15 is 0 Å². The molecule has 0 saturated heterocycles. The van der Waals surface area contributed by atoms with Gasteiger partial charge in [-0.15, -0.1) is 11.3 Å². The summed E-state index contributed by atoms with van der Waals surface area (Å²) in [4.78, 5) is 9.95. The molecule has 0 amide bonds. The van der Waals surface area contributed by atoms with Gasteiger partial charge in [0.05, 0.1) is 13.1 Å². The van der Waals surface area contributed by atoms with Crippen molar-refractivity contribution in [3.05, 3.63) is 46.3 Å². The number of hydrogen-bond donors (Lipinski definition) is 3. The monoisotopic (exact) mass is 402 g/mol. The molecule has 1 aliphatic carbocycles. The van der Waals surface area contributed by atoms with Crippen molar-refractivity contribution in [2.75, 3.05) is 13.1 Å². The summed E-state index contributed by atoms with van der Waals surface area (Å²) >= 11 is 1.55. The van der Waals surface area contributed by atoms with Crippen LogP contribution in [0.1, 0.15) is 50.0 Å². The summed E-state index contributed by atoms with van der Waals surface area (Å²) in [5.41, 5.74) is 0.0755. The van der Waals surface area contributed by atoms with Crippen LogP contribution >= 0.6 is 11.3 Å². The maximum Gasteiger partial charge on any atom is 0.213 e. The molecule has 0 radical (unpaired) electrons. The third kappa shape index (κ3) is 5.94. The van der Waals surface area contributed by atoms with Gasteiger partial charge in [0.25, 0.3) is 0 Å². The van der Waals surface area contributed by atoms with Crippen LogP contribution in [0.25, 0.3) is 0 Å². The molecule has 28 heavy (non-hydrogen) atoms. The minimum absolute atomic E-state index is 0.317. The predicted molar refractivity (Wildman–Crippen MR) is 114 cm³/mol. The Morgan fingerprint density at radius 2 is 2.14 bits per heavy atom. The standard InChI is InChI=1S/C21H30N4O2S/c1-3-22-20(25-15-21(2,26)18-9-6-12-28-18)24-14-16-10-11-19(23-13-16)27-17-7-4-5-8-17/h6,9-13,17,26H,3-5,7-8,14-15H2,1-2H3,(H2,22,24,25). The third-order valence-electron chi connectivity index (χ3n) is 4.80. The number of aliphatic hydroxyl groups is 1. The maximum atomic E-state index is 10.7. The number of nitrogens with one attached hydrogen (secondary N) is 2. The summed E-state index contributed by atoms with van der Waals surface area (Å²) in [5, 5.41) is 19.1. The smallest absolute Gasteiger partial charge is 0.213 e. The van der Waals surface area contributed by atoms with E-state index in [9.17, 15) is 5.11 Å². The number of rotatable bonds is 8. The molecule has 0 aliphatic heterocycles. The van der Waals surface area contributed by atoms with Crippen molar-refractivity contribution in [1.29, 1.82) is 0 Å². The minimum atomic E-state index is -0.939. The molecule has 1 fully saturated rings. The van der Waals surface area contributed by atoms with Crippen LogP contribution in [-0.2, 0) is 12.1 Å².